The van der Waals surface area contributed by atoms with E-state index in [1.54, 1.807) is 6.08 Å². The number of unbranched alkanes of at least 4 members (excludes halogenated alkanes) is 16. The summed E-state index contributed by atoms with van der Waals surface area (Å²) in [7, 11) is 0. The van der Waals surface area contributed by atoms with E-state index in [-0.39, 0.29) is 19.4 Å². The molecule has 1 heterocycles. The van der Waals surface area contributed by atoms with E-state index in [9.17, 15) is 35.1 Å². The number of ether oxygens (including phenoxy) is 3. The second kappa shape index (κ2) is 46.8. The smallest absolute Gasteiger partial charge is 0.306 e. The van der Waals surface area contributed by atoms with Crippen LogP contribution in [0.15, 0.2) is 134 Å². The second-order valence-corrected chi connectivity index (χ2v) is 18.1. The molecule has 1 aliphatic rings. The highest BCUT2D eigenvalue weighted by Gasteiger charge is 2.47. The number of amides is 1. The summed E-state index contributed by atoms with van der Waals surface area (Å²) in [5, 5.41) is 56.7. The van der Waals surface area contributed by atoms with E-state index >= 15 is 0 Å². The number of aliphatic hydroxyl groups excluding tert-OH is 5. The fourth-order valence-electron chi connectivity index (χ4n) is 7.51. The second-order valence-electron chi connectivity index (χ2n) is 18.1. The van der Waals surface area contributed by atoms with Crippen molar-refractivity contribution in [3.8, 4) is 0 Å². The number of hydrogen-bond acceptors (Lipinski definition) is 10. The largest absolute Gasteiger partial charge is 0.454 e. The molecule has 1 aliphatic heterocycles. The van der Waals surface area contributed by atoms with Crippen LogP contribution in [0.2, 0.25) is 0 Å². The van der Waals surface area contributed by atoms with Gasteiger partial charge in [0.1, 0.15) is 24.4 Å². The Morgan fingerprint density at radius 3 is 1.52 bits per heavy atom. The molecule has 71 heavy (non-hydrogen) atoms. The summed E-state index contributed by atoms with van der Waals surface area (Å²) >= 11 is 0. The lowest BCUT2D eigenvalue weighted by Gasteiger charge is -2.41. The van der Waals surface area contributed by atoms with Crippen molar-refractivity contribution < 1.29 is 49.3 Å². The first-order chi connectivity index (χ1) is 34.7. The molecular weight excluding hydrogens is 895 g/mol. The molecule has 0 aliphatic carbocycles. The highest BCUT2D eigenvalue weighted by Crippen LogP contribution is 2.26. The zero-order valence-electron chi connectivity index (χ0n) is 43.8. The Hall–Kier alpha value is -4.20. The molecule has 6 N–H and O–H groups in total. The maximum absolute atomic E-state index is 13.3. The fraction of sp³-hybridized carbons (Fsp3) is 0.600. The molecule has 1 fully saturated rings. The van der Waals surface area contributed by atoms with Gasteiger partial charge >= 0.3 is 5.97 Å². The number of aliphatic hydroxyl groups is 5. The average molecular weight is 990 g/mol. The number of allylic oxidation sites excluding steroid dienone is 21. The topological polar surface area (TPSA) is 175 Å². The minimum atomic E-state index is -1.65. The van der Waals surface area contributed by atoms with Crippen LogP contribution in [-0.4, -0.2) is 99.6 Å². The van der Waals surface area contributed by atoms with Crippen molar-refractivity contribution in [2.24, 2.45) is 0 Å². The summed E-state index contributed by atoms with van der Waals surface area (Å²) in [6.07, 6.45) is 55.0. The van der Waals surface area contributed by atoms with Gasteiger partial charge in [0.15, 0.2) is 12.4 Å². The lowest BCUT2D eigenvalue weighted by molar-refractivity contribution is -0.305. The number of carbonyl (C=O) groups is 2. The third-order valence-electron chi connectivity index (χ3n) is 11.8. The maximum Gasteiger partial charge on any atom is 0.306 e. The molecule has 8 unspecified atom stereocenters. The van der Waals surface area contributed by atoms with Crippen molar-refractivity contribution in [3.63, 3.8) is 0 Å². The van der Waals surface area contributed by atoms with Gasteiger partial charge in [-0.15, -0.1) is 0 Å². The van der Waals surface area contributed by atoms with Gasteiger partial charge in [-0.05, 0) is 64.2 Å². The fourth-order valence-corrected chi connectivity index (χ4v) is 7.51. The third-order valence-corrected chi connectivity index (χ3v) is 11.8. The molecule has 0 aromatic carbocycles. The average Bonchev–Trinajstić information content (AvgIpc) is 3.37. The Balaban J connectivity index is 2.85. The molecular formula is C60H95NO10. The molecule has 1 saturated heterocycles. The van der Waals surface area contributed by atoms with Crippen LogP contribution in [0.5, 0.6) is 0 Å². The van der Waals surface area contributed by atoms with Gasteiger partial charge in [0.05, 0.1) is 25.4 Å². The van der Waals surface area contributed by atoms with Crippen LogP contribution in [0.25, 0.3) is 0 Å². The zero-order valence-corrected chi connectivity index (χ0v) is 43.8. The molecule has 0 aromatic heterocycles. The lowest BCUT2D eigenvalue weighted by Crippen LogP contribution is -2.61. The number of esters is 1. The SMILES string of the molecule is CC\C=C/C=C/C=C/C=C\C=C\C=C\CCCCC(O)C(=O)NC(COC1OC(CO)C(O)C(O)C1OC(=O)CCCCC\C=C/C=C\C=C\C=C\CC)C(O)/C=C/CCCCCCCCCCCCC. The molecule has 1 amide bonds. The summed E-state index contributed by atoms with van der Waals surface area (Å²) in [5.41, 5.74) is 0. The Labute approximate surface area is 429 Å². The van der Waals surface area contributed by atoms with Crippen LogP contribution in [0.3, 0.4) is 0 Å². The first-order valence-electron chi connectivity index (χ1n) is 27.1. The molecule has 0 bridgehead atoms. The summed E-state index contributed by atoms with van der Waals surface area (Å²) in [6, 6.07) is -1.06. The Bertz CT molecular complexity index is 1650. The predicted molar refractivity (Wildman–Crippen MR) is 291 cm³/mol. The first-order valence-corrected chi connectivity index (χ1v) is 27.1. The van der Waals surface area contributed by atoms with Crippen LogP contribution in [0.4, 0.5) is 0 Å². The Kier molecular flexibility index (Phi) is 42.8. The van der Waals surface area contributed by atoms with E-state index in [0.29, 0.717) is 12.8 Å². The van der Waals surface area contributed by atoms with E-state index in [1.807, 2.05) is 109 Å². The number of hydrogen-bond donors (Lipinski definition) is 6. The van der Waals surface area contributed by atoms with E-state index in [4.69, 9.17) is 14.2 Å². The van der Waals surface area contributed by atoms with Crippen molar-refractivity contribution in [2.45, 2.75) is 217 Å². The number of carbonyl (C=O) groups excluding carboxylic acids is 2. The normalized spacial score (nSPS) is 20.7. The Morgan fingerprint density at radius 1 is 0.563 bits per heavy atom. The predicted octanol–water partition coefficient (Wildman–Crippen LogP) is 11.7. The van der Waals surface area contributed by atoms with Crippen LogP contribution in [0.1, 0.15) is 168 Å². The van der Waals surface area contributed by atoms with Gasteiger partial charge in [0.2, 0.25) is 5.91 Å². The summed E-state index contributed by atoms with van der Waals surface area (Å²) in [6.45, 7) is 5.40. The Morgan fingerprint density at radius 2 is 1.01 bits per heavy atom. The zero-order chi connectivity index (χ0) is 51.8. The minimum absolute atomic E-state index is 0.0631. The van der Waals surface area contributed by atoms with Gasteiger partial charge in [-0.2, -0.15) is 0 Å². The first kappa shape index (κ1) is 64.8. The van der Waals surface area contributed by atoms with E-state index in [0.717, 1.165) is 70.6 Å². The summed E-state index contributed by atoms with van der Waals surface area (Å²) < 4.78 is 17.5. The maximum atomic E-state index is 13.3. The van der Waals surface area contributed by atoms with Crippen molar-refractivity contribution in [2.75, 3.05) is 13.2 Å². The standard InChI is InChI=1S/C60H95NO10/c1-4-7-10-13-16-19-22-25-26-27-30-32-35-38-41-44-47-53(64)59(68)61-51(52(63)46-43-40-37-34-31-28-23-20-17-14-11-8-5-2)50-69-60-58(57(67)56(66)54(49-62)70-60)71-55(65)48-45-42-39-36-33-29-24-21-18-15-12-9-6-3/h7,9-10,12-13,15-16,18-19,21-22,24-27,29-30,32-33,35,43,46,51-54,56-58,60,62-64,66-67H,4-6,8,11,14,17,20,23,28,31,34,36-42,44-45,47-50H2,1-3H3,(H,61,68)/b10-7-,12-9+,16-13+,18-15+,22-19+,24-21-,26-25-,30-27+,33-29-,35-32+,46-43+. The van der Waals surface area contributed by atoms with Crippen molar-refractivity contribution in [1.29, 1.82) is 0 Å². The van der Waals surface area contributed by atoms with Crippen molar-refractivity contribution in [3.05, 3.63) is 134 Å². The highest BCUT2D eigenvalue weighted by molar-refractivity contribution is 5.80. The minimum Gasteiger partial charge on any atom is -0.454 e. The quantitative estimate of drug-likeness (QED) is 0.0149. The van der Waals surface area contributed by atoms with Gasteiger partial charge < -0.3 is 45.1 Å². The molecule has 400 valence electrons. The number of nitrogens with one attached hydrogen (secondary N) is 1. The van der Waals surface area contributed by atoms with Gasteiger partial charge in [-0.25, -0.2) is 0 Å². The molecule has 11 heteroatoms. The van der Waals surface area contributed by atoms with Crippen LogP contribution < -0.4 is 5.32 Å². The van der Waals surface area contributed by atoms with E-state index in [1.165, 1.54) is 51.4 Å². The molecule has 0 spiro atoms. The monoisotopic (exact) mass is 990 g/mol. The van der Waals surface area contributed by atoms with Crippen LogP contribution in [0, 0.1) is 0 Å². The molecule has 0 aromatic rings. The molecule has 11 nitrogen and oxygen atoms in total. The molecule has 0 radical (unpaired) electrons. The van der Waals surface area contributed by atoms with E-state index < -0.39 is 67.4 Å². The van der Waals surface area contributed by atoms with Crippen molar-refractivity contribution >= 4 is 11.9 Å². The van der Waals surface area contributed by atoms with Gasteiger partial charge in [0.25, 0.3) is 0 Å². The van der Waals surface area contributed by atoms with Gasteiger partial charge in [-0.3, -0.25) is 9.59 Å². The van der Waals surface area contributed by atoms with Crippen molar-refractivity contribution in [1.82, 2.24) is 5.32 Å². The lowest BCUT2D eigenvalue weighted by atomic mass is 9.99. The van der Waals surface area contributed by atoms with E-state index in [2.05, 4.69) is 44.3 Å². The van der Waals surface area contributed by atoms with Gasteiger partial charge in [-0.1, -0.05) is 231 Å². The molecule has 1 rings (SSSR count). The molecule has 0 saturated carbocycles. The number of rotatable bonds is 42. The summed E-state index contributed by atoms with van der Waals surface area (Å²) in [4.78, 5) is 26.4. The van der Waals surface area contributed by atoms with Crippen LogP contribution >= 0.6 is 0 Å². The highest BCUT2D eigenvalue weighted by atomic mass is 16.7. The summed E-state index contributed by atoms with van der Waals surface area (Å²) in [5.74, 6) is -1.30. The third kappa shape index (κ3) is 35.5. The van der Waals surface area contributed by atoms with Crippen LogP contribution in [-0.2, 0) is 23.8 Å². The van der Waals surface area contributed by atoms with Gasteiger partial charge in [0, 0.05) is 6.42 Å². The molecule has 8 atom stereocenters.